The molecule has 5 heteroatoms. The molecule has 0 aromatic rings. The van der Waals surface area contributed by atoms with Gasteiger partial charge in [-0.15, -0.1) is 0 Å². The van der Waals surface area contributed by atoms with Crippen molar-refractivity contribution >= 4 is 21.9 Å². The third kappa shape index (κ3) is 17.2. The highest BCUT2D eigenvalue weighted by atomic mass is 79.9. The number of carboxylic acids is 1. The standard InChI is InChI=1S/C25H37BrO4/c1-4-5-13-22(27)14-10-15-23(28)19-18-21(3)24(26)16-8-6-11-20(2)12-7-9-17-25(29)30/h5-9,11-13,16-17,21-23,27-28H,4,10,14-15,18-19H2,1-3H3,(H,29,30)/b8-6+,12-7+,13-5+,17-9+,20-11+,24-16-. The van der Waals surface area contributed by atoms with E-state index in [1.54, 1.807) is 6.08 Å². The number of hydrogen-bond acceptors (Lipinski definition) is 3. The van der Waals surface area contributed by atoms with Gasteiger partial charge in [0, 0.05) is 6.08 Å². The third-order valence-corrected chi connectivity index (χ3v) is 5.52. The highest BCUT2D eigenvalue weighted by Crippen LogP contribution is 2.24. The molecule has 0 rings (SSSR count). The van der Waals surface area contributed by atoms with E-state index in [2.05, 4.69) is 22.9 Å². The summed E-state index contributed by atoms with van der Waals surface area (Å²) in [4.78, 5) is 10.4. The lowest BCUT2D eigenvalue weighted by atomic mass is 9.99. The van der Waals surface area contributed by atoms with E-state index in [0.29, 0.717) is 18.8 Å². The van der Waals surface area contributed by atoms with E-state index in [1.165, 1.54) is 6.08 Å². The number of carboxylic acid groups (broad SMARTS) is 1. The monoisotopic (exact) mass is 480 g/mol. The van der Waals surface area contributed by atoms with Crippen molar-refractivity contribution in [3.8, 4) is 0 Å². The van der Waals surface area contributed by atoms with Crippen LogP contribution in [0.3, 0.4) is 0 Å². The number of aliphatic carboxylic acids is 1. The van der Waals surface area contributed by atoms with Gasteiger partial charge in [-0.1, -0.05) is 90.0 Å². The van der Waals surface area contributed by atoms with Crippen molar-refractivity contribution in [2.75, 3.05) is 0 Å². The van der Waals surface area contributed by atoms with Gasteiger partial charge in [-0.2, -0.15) is 0 Å². The van der Waals surface area contributed by atoms with Gasteiger partial charge in [0.1, 0.15) is 0 Å². The number of halogens is 1. The Balaban J connectivity index is 4.26. The molecule has 168 valence electrons. The van der Waals surface area contributed by atoms with E-state index in [4.69, 9.17) is 5.11 Å². The van der Waals surface area contributed by atoms with Crippen molar-refractivity contribution in [2.24, 2.45) is 5.92 Å². The second-order valence-corrected chi connectivity index (χ2v) is 8.29. The van der Waals surface area contributed by atoms with Crippen LogP contribution in [0.5, 0.6) is 0 Å². The van der Waals surface area contributed by atoms with Crippen LogP contribution in [0.15, 0.2) is 70.8 Å². The Morgan fingerprint density at radius 1 is 0.967 bits per heavy atom. The van der Waals surface area contributed by atoms with Crippen molar-refractivity contribution in [1.82, 2.24) is 0 Å². The van der Waals surface area contributed by atoms with Crippen LogP contribution in [0, 0.1) is 5.92 Å². The number of aliphatic hydroxyl groups is 2. The molecule has 0 aromatic carbocycles. The summed E-state index contributed by atoms with van der Waals surface area (Å²) in [6, 6.07) is 0. The van der Waals surface area contributed by atoms with Gasteiger partial charge in [0.2, 0.25) is 0 Å². The maximum atomic E-state index is 10.4. The van der Waals surface area contributed by atoms with E-state index in [-0.39, 0.29) is 6.10 Å². The predicted octanol–water partition coefficient (Wildman–Crippen LogP) is 6.24. The summed E-state index contributed by atoms with van der Waals surface area (Å²) in [6.45, 7) is 6.10. The van der Waals surface area contributed by atoms with Crippen LogP contribution >= 0.6 is 15.9 Å². The van der Waals surface area contributed by atoms with Crippen LogP contribution in [0.25, 0.3) is 0 Å². The number of hydrogen-bond donors (Lipinski definition) is 3. The summed E-state index contributed by atoms with van der Waals surface area (Å²) in [7, 11) is 0. The molecule has 0 fully saturated rings. The molecule has 0 amide bonds. The van der Waals surface area contributed by atoms with Gasteiger partial charge in [-0.3, -0.25) is 0 Å². The third-order valence-electron chi connectivity index (χ3n) is 4.47. The van der Waals surface area contributed by atoms with Gasteiger partial charge in [0.15, 0.2) is 0 Å². The predicted molar refractivity (Wildman–Crippen MR) is 130 cm³/mol. The fraction of sp³-hybridized carbons (Fsp3) is 0.480. The Bertz CT molecular complexity index is 656. The van der Waals surface area contributed by atoms with Crippen LogP contribution in [-0.4, -0.2) is 33.5 Å². The zero-order chi connectivity index (χ0) is 22.8. The molecule has 0 aromatic heterocycles. The van der Waals surface area contributed by atoms with Gasteiger partial charge >= 0.3 is 5.97 Å². The van der Waals surface area contributed by atoms with Gasteiger partial charge in [-0.05, 0) is 55.8 Å². The Labute approximate surface area is 190 Å². The Kier molecular flexibility index (Phi) is 17.1. The molecule has 0 saturated carbocycles. The molecule has 3 N–H and O–H groups in total. The molecule has 0 aliphatic carbocycles. The molecule has 0 aliphatic rings. The molecule has 0 bridgehead atoms. The van der Waals surface area contributed by atoms with E-state index >= 15 is 0 Å². The normalized spacial score (nSPS) is 16.9. The number of carbonyl (C=O) groups is 1. The first kappa shape index (κ1) is 28.3. The minimum absolute atomic E-state index is 0.313. The largest absolute Gasteiger partial charge is 0.478 e. The van der Waals surface area contributed by atoms with Gasteiger partial charge < -0.3 is 15.3 Å². The molecule has 0 aliphatic heterocycles. The lowest BCUT2D eigenvalue weighted by Crippen LogP contribution is -2.10. The van der Waals surface area contributed by atoms with E-state index in [0.717, 1.165) is 41.8 Å². The average Bonchev–Trinajstić information content (AvgIpc) is 2.70. The topological polar surface area (TPSA) is 77.8 Å². The lowest BCUT2D eigenvalue weighted by molar-refractivity contribution is -0.131. The smallest absolute Gasteiger partial charge is 0.328 e. The highest BCUT2D eigenvalue weighted by molar-refractivity contribution is 9.11. The molecular weight excluding hydrogens is 444 g/mol. The fourth-order valence-electron chi connectivity index (χ4n) is 2.60. The molecule has 30 heavy (non-hydrogen) atoms. The lowest BCUT2D eigenvalue weighted by Gasteiger charge is -2.15. The zero-order valence-electron chi connectivity index (χ0n) is 18.4. The van der Waals surface area contributed by atoms with Crippen LogP contribution in [0.2, 0.25) is 0 Å². The second kappa shape index (κ2) is 18.1. The van der Waals surface area contributed by atoms with E-state index in [1.807, 2.05) is 56.4 Å². The zero-order valence-corrected chi connectivity index (χ0v) is 20.0. The van der Waals surface area contributed by atoms with Crippen LogP contribution < -0.4 is 0 Å². The van der Waals surface area contributed by atoms with Gasteiger partial charge in [-0.25, -0.2) is 4.79 Å². The first-order valence-corrected chi connectivity index (χ1v) is 11.4. The molecule has 3 unspecified atom stereocenters. The first-order valence-electron chi connectivity index (χ1n) is 10.6. The minimum Gasteiger partial charge on any atom is -0.478 e. The van der Waals surface area contributed by atoms with E-state index in [9.17, 15) is 15.0 Å². The fourth-order valence-corrected chi connectivity index (χ4v) is 2.98. The van der Waals surface area contributed by atoms with Crippen molar-refractivity contribution in [2.45, 2.75) is 71.5 Å². The van der Waals surface area contributed by atoms with Crippen LogP contribution in [0.1, 0.15) is 59.3 Å². The molecule has 3 atom stereocenters. The molecule has 4 nitrogen and oxygen atoms in total. The SMILES string of the molecule is CC/C=C/C(O)CCCC(O)CCC(C)/C(Br)=C/C=C/C=C(C)/C=C/C=C/C(=O)O. The Hall–Kier alpha value is -1.69. The van der Waals surface area contributed by atoms with Crippen molar-refractivity contribution < 1.29 is 20.1 Å². The maximum absolute atomic E-state index is 10.4. The molecule has 0 radical (unpaired) electrons. The maximum Gasteiger partial charge on any atom is 0.328 e. The summed E-state index contributed by atoms with van der Waals surface area (Å²) in [5.74, 6) is -0.648. The molecule has 0 saturated heterocycles. The van der Waals surface area contributed by atoms with E-state index < -0.39 is 12.1 Å². The Morgan fingerprint density at radius 3 is 2.30 bits per heavy atom. The van der Waals surface area contributed by atoms with Gasteiger partial charge in [0.25, 0.3) is 0 Å². The second-order valence-electron chi connectivity index (χ2n) is 7.37. The minimum atomic E-state index is -0.962. The number of rotatable bonds is 15. The summed E-state index contributed by atoms with van der Waals surface area (Å²) in [5.41, 5.74) is 1.01. The molecule has 0 spiro atoms. The molecular formula is C25H37BrO4. The van der Waals surface area contributed by atoms with Crippen LogP contribution in [0.4, 0.5) is 0 Å². The van der Waals surface area contributed by atoms with Gasteiger partial charge in [0.05, 0.1) is 12.2 Å². The van der Waals surface area contributed by atoms with Crippen molar-refractivity contribution in [1.29, 1.82) is 0 Å². The summed E-state index contributed by atoms with van der Waals surface area (Å²) in [5, 5.41) is 28.5. The number of aliphatic hydroxyl groups excluding tert-OH is 2. The van der Waals surface area contributed by atoms with Crippen molar-refractivity contribution in [3.05, 3.63) is 70.8 Å². The summed E-state index contributed by atoms with van der Waals surface area (Å²) >= 11 is 3.61. The highest BCUT2D eigenvalue weighted by Gasteiger charge is 2.10. The average molecular weight is 481 g/mol. The molecule has 0 heterocycles. The van der Waals surface area contributed by atoms with Crippen molar-refractivity contribution in [3.63, 3.8) is 0 Å². The Morgan fingerprint density at radius 2 is 1.63 bits per heavy atom. The summed E-state index contributed by atoms with van der Waals surface area (Å²) < 4.78 is 1.08. The summed E-state index contributed by atoms with van der Waals surface area (Å²) in [6.07, 6.45) is 21.8. The van der Waals surface area contributed by atoms with Crippen LogP contribution in [-0.2, 0) is 4.79 Å². The quantitative estimate of drug-likeness (QED) is 0.147. The first-order chi connectivity index (χ1) is 14.3. The number of allylic oxidation sites excluding steroid dienone is 10.